The standard InChI is InChI=1S/C16H15NO/c17-15-9-6-13(7-10-15)8-11-16(18)12-14-4-2-1-3-5-14/h1-11H,12,17H2/b11-8+. The predicted molar refractivity (Wildman–Crippen MR) is 75.0 cm³/mol. The summed E-state index contributed by atoms with van der Waals surface area (Å²) < 4.78 is 0. The van der Waals surface area contributed by atoms with Gasteiger partial charge in [-0.05, 0) is 29.3 Å². The molecule has 90 valence electrons. The summed E-state index contributed by atoms with van der Waals surface area (Å²) in [6, 6.07) is 17.1. The summed E-state index contributed by atoms with van der Waals surface area (Å²) in [5.41, 5.74) is 8.33. The van der Waals surface area contributed by atoms with E-state index in [1.54, 1.807) is 6.08 Å². The molecule has 0 atom stereocenters. The number of ketones is 1. The molecule has 0 aliphatic heterocycles. The van der Waals surface area contributed by atoms with Gasteiger partial charge in [-0.2, -0.15) is 0 Å². The molecule has 0 saturated carbocycles. The van der Waals surface area contributed by atoms with Crippen LogP contribution in [0.1, 0.15) is 11.1 Å². The van der Waals surface area contributed by atoms with Crippen LogP contribution in [-0.2, 0) is 11.2 Å². The molecule has 2 rings (SSSR count). The van der Waals surface area contributed by atoms with E-state index in [0.717, 1.165) is 16.8 Å². The number of carbonyl (C=O) groups is 1. The monoisotopic (exact) mass is 237 g/mol. The van der Waals surface area contributed by atoms with Crippen LogP contribution >= 0.6 is 0 Å². The summed E-state index contributed by atoms with van der Waals surface area (Å²) in [5, 5.41) is 0. The number of hydrogen-bond acceptors (Lipinski definition) is 2. The third-order valence-corrected chi connectivity index (χ3v) is 2.62. The van der Waals surface area contributed by atoms with Crippen LogP contribution in [0, 0.1) is 0 Å². The molecular weight excluding hydrogens is 222 g/mol. The molecule has 18 heavy (non-hydrogen) atoms. The van der Waals surface area contributed by atoms with Gasteiger partial charge in [0.2, 0.25) is 0 Å². The van der Waals surface area contributed by atoms with Crippen molar-refractivity contribution in [1.29, 1.82) is 0 Å². The maximum absolute atomic E-state index is 11.7. The summed E-state index contributed by atoms with van der Waals surface area (Å²) in [6.45, 7) is 0. The first-order valence-corrected chi connectivity index (χ1v) is 5.84. The van der Waals surface area contributed by atoms with Gasteiger partial charge in [-0.1, -0.05) is 48.5 Å². The Hall–Kier alpha value is -2.35. The lowest BCUT2D eigenvalue weighted by Gasteiger charge is -1.97. The average molecular weight is 237 g/mol. The van der Waals surface area contributed by atoms with Crippen molar-refractivity contribution in [2.45, 2.75) is 6.42 Å². The summed E-state index contributed by atoms with van der Waals surface area (Å²) >= 11 is 0. The Bertz CT molecular complexity index is 541. The number of rotatable bonds is 4. The Kier molecular flexibility index (Phi) is 3.92. The van der Waals surface area contributed by atoms with E-state index < -0.39 is 0 Å². The molecule has 0 unspecified atom stereocenters. The minimum Gasteiger partial charge on any atom is -0.399 e. The van der Waals surface area contributed by atoms with E-state index >= 15 is 0 Å². The zero-order valence-corrected chi connectivity index (χ0v) is 10.0. The van der Waals surface area contributed by atoms with Crippen molar-refractivity contribution in [1.82, 2.24) is 0 Å². The highest BCUT2D eigenvalue weighted by Crippen LogP contribution is 2.08. The minimum absolute atomic E-state index is 0.0954. The molecule has 0 saturated heterocycles. The molecule has 0 aliphatic carbocycles. The van der Waals surface area contributed by atoms with E-state index in [2.05, 4.69) is 0 Å². The van der Waals surface area contributed by atoms with Crippen LogP contribution in [0.5, 0.6) is 0 Å². The second kappa shape index (κ2) is 5.82. The van der Waals surface area contributed by atoms with Gasteiger partial charge in [0, 0.05) is 12.1 Å². The average Bonchev–Trinajstić information content (AvgIpc) is 2.39. The molecule has 0 aliphatic rings. The van der Waals surface area contributed by atoms with Crippen molar-refractivity contribution < 1.29 is 4.79 Å². The minimum atomic E-state index is 0.0954. The predicted octanol–water partition coefficient (Wildman–Crippen LogP) is 3.09. The fourth-order valence-electron chi connectivity index (χ4n) is 1.65. The Morgan fingerprint density at radius 2 is 1.67 bits per heavy atom. The topological polar surface area (TPSA) is 43.1 Å². The van der Waals surface area contributed by atoms with E-state index in [0.29, 0.717) is 6.42 Å². The highest BCUT2D eigenvalue weighted by molar-refractivity contribution is 5.95. The maximum atomic E-state index is 11.7. The molecule has 2 aromatic rings. The van der Waals surface area contributed by atoms with Crippen LogP contribution in [0.2, 0.25) is 0 Å². The van der Waals surface area contributed by atoms with E-state index in [1.807, 2.05) is 60.7 Å². The molecule has 0 bridgehead atoms. The van der Waals surface area contributed by atoms with Crippen LogP contribution in [0.4, 0.5) is 5.69 Å². The third-order valence-electron chi connectivity index (χ3n) is 2.62. The van der Waals surface area contributed by atoms with Crippen LogP contribution in [0.15, 0.2) is 60.7 Å². The highest BCUT2D eigenvalue weighted by Gasteiger charge is 1.98. The first-order chi connectivity index (χ1) is 8.74. The molecule has 2 nitrogen and oxygen atoms in total. The van der Waals surface area contributed by atoms with Gasteiger partial charge in [-0.25, -0.2) is 0 Å². The van der Waals surface area contributed by atoms with Gasteiger partial charge < -0.3 is 5.73 Å². The Morgan fingerprint density at radius 3 is 2.33 bits per heavy atom. The molecule has 2 aromatic carbocycles. The zero-order chi connectivity index (χ0) is 12.8. The first-order valence-electron chi connectivity index (χ1n) is 5.84. The molecule has 0 radical (unpaired) electrons. The largest absolute Gasteiger partial charge is 0.399 e. The molecule has 2 heteroatoms. The van der Waals surface area contributed by atoms with Gasteiger partial charge in [0.05, 0.1) is 0 Å². The Labute approximate surface area is 107 Å². The highest BCUT2D eigenvalue weighted by atomic mass is 16.1. The van der Waals surface area contributed by atoms with E-state index in [1.165, 1.54) is 0 Å². The quantitative estimate of drug-likeness (QED) is 0.656. The fraction of sp³-hybridized carbons (Fsp3) is 0.0625. The van der Waals surface area contributed by atoms with Crippen molar-refractivity contribution in [3.8, 4) is 0 Å². The fourth-order valence-corrected chi connectivity index (χ4v) is 1.65. The van der Waals surface area contributed by atoms with Gasteiger partial charge in [-0.15, -0.1) is 0 Å². The number of anilines is 1. The van der Waals surface area contributed by atoms with E-state index in [9.17, 15) is 4.79 Å². The number of nitrogens with two attached hydrogens (primary N) is 1. The Morgan fingerprint density at radius 1 is 1.00 bits per heavy atom. The summed E-state index contributed by atoms with van der Waals surface area (Å²) in [4.78, 5) is 11.7. The zero-order valence-electron chi connectivity index (χ0n) is 10.0. The van der Waals surface area contributed by atoms with Crippen LogP contribution in [0.3, 0.4) is 0 Å². The van der Waals surface area contributed by atoms with Crippen molar-refractivity contribution in [2.24, 2.45) is 0 Å². The summed E-state index contributed by atoms with van der Waals surface area (Å²) in [5.74, 6) is 0.0954. The smallest absolute Gasteiger partial charge is 0.160 e. The number of allylic oxidation sites excluding steroid dienone is 1. The lowest BCUT2D eigenvalue weighted by Crippen LogP contribution is -1.97. The van der Waals surface area contributed by atoms with Crippen LogP contribution in [-0.4, -0.2) is 5.78 Å². The Balaban J connectivity index is 1.97. The number of benzene rings is 2. The van der Waals surface area contributed by atoms with Crippen molar-refractivity contribution in [3.05, 3.63) is 71.8 Å². The normalized spacial score (nSPS) is 10.7. The summed E-state index contributed by atoms with van der Waals surface area (Å²) in [7, 11) is 0. The molecular formula is C16H15NO. The van der Waals surface area contributed by atoms with Crippen molar-refractivity contribution in [2.75, 3.05) is 5.73 Å². The van der Waals surface area contributed by atoms with Gasteiger partial charge in [0.15, 0.2) is 5.78 Å². The maximum Gasteiger partial charge on any atom is 0.160 e. The molecule has 0 aromatic heterocycles. The van der Waals surface area contributed by atoms with Crippen molar-refractivity contribution >= 4 is 17.5 Å². The SMILES string of the molecule is Nc1ccc(/C=C/C(=O)Cc2ccccc2)cc1. The molecule has 0 amide bonds. The van der Waals surface area contributed by atoms with Crippen LogP contribution < -0.4 is 5.73 Å². The van der Waals surface area contributed by atoms with Crippen molar-refractivity contribution in [3.63, 3.8) is 0 Å². The second-order valence-corrected chi connectivity index (χ2v) is 4.13. The number of hydrogen-bond donors (Lipinski definition) is 1. The second-order valence-electron chi connectivity index (χ2n) is 4.13. The number of carbonyl (C=O) groups excluding carboxylic acids is 1. The van der Waals surface area contributed by atoms with Gasteiger partial charge >= 0.3 is 0 Å². The first kappa shape index (κ1) is 12.1. The van der Waals surface area contributed by atoms with Gasteiger partial charge in [-0.3, -0.25) is 4.79 Å². The van der Waals surface area contributed by atoms with E-state index in [-0.39, 0.29) is 5.78 Å². The summed E-state index contributed by atoms with van der Waals surface area (Å²) in [6.07, 6.45) is 3.86. The van der Waals surface area contributed by atoms with E-state index in [4.69, 9.17) is 5.73 Å². The van der Waals surface area contributed by atoms with Crippen LogP contribution in [0.25, 0.3) is 6.08 Å². The lowest BCUT2D eigenvalue weighted by atomic mass is 10.1. The molecule has 0 heterocycles. The van der Waals surface area contributed by atoms with Gasteiger partial charge in [0.1, 0.15) is 0 Å². The lowest BCUT2D eigenvalue weighted by molar-refractivity contribution is -0.113. The third kappa shape index (κ3) is 3.59. The number of nitrogen functional groups attached to an aromatic ring is 1. The molecule has 0 spiro atoms. The van der Waals surface area contributed by atoms with Gasteiger partial charge in [0.25, 0.3) is 0 Å². The molecule has 0 fully saturated rings. The molecule has 2 N–H and O–H groups in total.